The molecule has 4 rings (SSSR count). The van der Waals surface area contributed by atoms with Crippen LogP contribution in [0.2, 0.25) is 0 Å². The molecule has 5 heteroatoms. The molecule has 28 heavy (non-hydrogen) atoms. The molecule has 1 atom stereocenters. The molecule has 1 amide bonds. The van der Waals surface area contributed by atoms with E-state index >= 15 is 0 Å². The van der Waals surface area contributed by atoms with Crippen molar-refractivity contribution in [2.24, 2.45) is 0 Å². The van der Waals surface area contributed by atoms with Crippen molar-refractivity contribution in [3.8, 4) is 11.3 Å². The van der Waals surface area contributed by atoms with Crippen LogP contribution in [0.4, 0.5) is 0 Å². The number of likely N-dealkylation sites (tertiary alicyclic amines) is 1. The summed E-state index contributed by atoms with van der Waals surface area (Å²) in [6.45, 7) is 10.1. The lowest BCUT2D eigenvalue weighted by Crippen LogP contribution is -2.33. The van der Waals surface area contributed by atoms with Crippen LogP contribution in [0.1, 0.15) is 54.6 Å². The average Bonchev–Trinajstić information content (AvgIpc) is 3.29. The number of rotatable bonds is 4. The smallest absolute Gasteiger partial charge is 0.254 e. The highest BCUT2D eigenvalue weighted by Gasteiger charge is 2.28. The number of nitrogens with zero attached hydrogens (tertiary/aromatic N) is 4. The minimum Gasteiger partial charge on any atom is -0.336 e. The van der Waals surface area contributed by atoms with Crippen LogP contribution >= 0.6 is 0 Å². The summed E-state index contributed by atoms with van der Waals surface area (Å²) >= 11 is 0. The van der Waals surface area contributed by atoms with E-state index in [2.05, 4.69) is 44.9 Å². The van der Waals surface area contributed by atoms with Gasteiger partial charge in [0.05, 0.1) is 23.0 Å². The van der Waals surface area contributed by atoms with Crippen molar-refractivity contribution in [1.29, 1.82) is 0 Å². The first-order valence-corrected chi connectivity index (χ1v) is 10.2. The van der Waals surface area contributed by atoms with Gasteiger partial charge < -0.3 is 4.90 Å². The maximum atomic E-state index is 13.5. The van der Waals surface area contributed by atoms with E-state index in [-0.39, 0.29) is 11.9 Å². The van der Waals surface area contributed by atoms with Crippen LogP contribution < -0.4 is 0 Å². The van der Waals surface area contributed by atoms with Gasteiger partial charge in [0.1, 0.15) is 0 Å². The highest BCUT2D eigenvalue weighted by atomic mass is 16.2. The van der Waals surface area contributed by atoms with E-state index in [9.17, 15) is 4.79 Å². The van der Waals surface area contributed by atoms with E-state index in [1.165, 1.54) is 0 Å². The van der Waals surface area contributed by atoms with Crippen molar-refractivity contribution >= 4 is 16.8 Å². The topological polar surface area (TPSA) is 51.0 Å². The van der Waals surface area contributed by atoms with Crippen molar-refractivity contribution in [2.75, 3.05) is 6.54 Å². The predicted molar refractivity (Wildman–Crippen MR) is 112 cm³/mol. The molecule has 146 valence electrons. The van der Waals surface area contributed by atoms with Crippen molar-refractivity contribution in [2.45, 2.75) is 59.5 Å². The fourth-order valence-corrected chi connectivity index (χ4v) is 4.31. The maximum absolute atomic E-state index is 13.5. The lowest BCUT2D eigenvalue weighted by atomic mass is 9.98. The number of aromatic nitrogens is 3. The standard InChI is InChI=1S/C23H28N4O/c1-5-8-26-14-18(13-24-26)20-12-19(23(28)27-9-6-7-17(27)4)22-16(3)10-15(2)11-21(22)25-20/h10-14,17H,5-9H2,1-4H3. The Bertz CT molecular complexity index is 1040. The summed E-state index contributed by atoms with van der Waals surface area (Å²) in [5.74, 6) is 0.117. The third-order valence-corrected chi connectivity index (χ3v) is 5.68. The fraction of sp³-hybridized carbons (Fsp3) is 0.435. The summed E-state index contributed by atoms with van der Waals surface area (Å²) in [7, 11) is 0. The summed E-state index contributed by atoms with van der Waals surface area (Å²) in [6.07, 6.45) is 7.04. The van der Waals surface area contributed by atoms with Gasteiger partial charge in [-0.2, -0.15) is 5.10 Å². The molecular weight excluding hydrogens is 348 g/mol. The number of amides is 1. The van der Waals surface area contributed by atoms with Crippen LogP contribution in [0.25, 0.3) is 22.2 Å². The third-order valence-electron chi connectivity index (χ3n) is 5.68. The van der Waals surface area contributed by atoms with E-state index in [1.807, 2.05) is 28.0 Å². The Labute approximate surface area is 166 Å². The quantitative estimate of drug-likeness (QED) is 0.660. The van der Waals surface area contributed by atoms with Gasteiger partial charge in [-0.05, 0) is 63.3 Å². The Kier molecular flexibility index (Phi) is 4.92. The number of benzene rings is 1. The van der Waals surface area contributed by atoms with Gasteiger partial charge in [0, 0.05) is 36.3 Å². The van der Waals surface area contributed by atoms with Crippen LogP contribution in [0, 0.1) is 13.8 Å². The Morgan fingerprint density at radius 1 is 1.25 bits per heavy atom. The molecule has 1 saturated heterocycles. The maximum Gasteiger partial charge on any atom is 0.254 e. The molecule has 0 spiro atoms. The van der Waals surface area contributed by atoms with Crippen molar-refractivity contribution in [3.63, 3.8) is 0 Å². The van der Waals surface area contributed by atoms with E-state index in [1.54, 1.807) is 0 Å². The molecule has 1 aliphatic rings. The van der Waals surface area contributed by atoms with Crippen LogP contribution in [-0.4, -0.2) is 38.2 Å². The zero-order chi connectivity index (χ0) is 19.8. The van der Waals surface area contributed by atoms with Crippen LogP contribution in [0.15, 0.2) is 30.6 Å². The van der Waals surface area contributed by atoms with Gasteiger partial charge in [0.15, 0.2) is 0 Å². The van der Waals surface area contributed by atoms with Crippen molar-refractivity contribution in [3.05, 3.63) is 47.3 Å². The minimum atomic E-state index is 0.117. The van der Waals surface area contributed by atoms with E-state index in [0.29, 0.717) is 0 Å². The second kappa shape index (κ2) is 7.38. The molecular formula is C23H28N4O. The molecule has 1 fully saturated rings. The normalized spacial score (nSPS) is 16.9. The first-order chi connectivity index (χ1) is 13.5. The number of aryl methyl sites for hydroxylation is 3. The minimum absolute atomic E-state index is 0.117. The molecule has 0 radical (unpaired) electrons. The molecule has 0 aliphatic carbocycles. The molecule has 0 bridgehead atoms. The molecule has 5 nitrogen and oxygen atoms in total. The number of hydrogen-bond acceptors (Lipinski definition) is 3. The summed E-state index contributed by atoms with van der Waals surface area (Å²) in [5, 5.41) is 5.41. The van der Waals surface area contributed by atoms with Gasteiger partial charge in [-0.3, -0.25) is 9.48 Å². The zero-order valence-corrected chi connectivity index (χ0v) is 17.2. The molecule has 0 N–H and O–H groups in total. The van der Waals surface area contributed by atoms with Gasteiger partial charge in [0.2, 0.25) is 0 Å². The monoisotopic (exact) mass is 376 g/mol. The van der Waals surface area contributed by atoms with Crippen LogP contribution in [-0.2, 0) is 6.54 Å². The number of carbonyl (C=O) groups is 1. The molecule has 1 aromatic carbocycles. The molecule has 2 aromatic heterocycles. The Hall–Kier alpha value is -2.69. The third kappa shape index (κ3) is 3.30. The van der Waals surface area contributed by atoms with Gasteiger partial charge in [-0.15, -0.1) is 0 Å². The summed E-state index contributed by atoms with van der Waals surface area (Å²) < 4.78 is 1.94. The summed E-state index contributed by atoms with van der Waals surface area (Å²) in [6, 6.07) is 6.46. The SMILES string of the molecule is CCCn1cc(-c2cc(C(=O)N3CCCC3C)c3c(C)cc(C)cc3n2)cn1. The molecule has 0 saturated carbocycles. The Morgan fingerprint density at radius 3 is 2.79 bits per heavy atom. The Balaban J connectivity index is 1.89. The lowest BCUT2D eigenvalue weighted by molar-refractivity contribution is 0.0749. The Morgan fingerprint density at radius 2 is 2.07 bits per heavy atom. The number of fused-ring (bicyclic) bond motifs is 1. The van der Waals surface area contributed by atoms with Crippen LogP contribution in [0.3, 0.4) is 0 Å². The molecule has 3 heterocycles. The summed E-state index contributed by atoms with van der Waals surface area (Å²) in [5.41, 5.74) is 5.67. The van der Waals surface area contributed by atoms with E-state index in [0.717, 1.165) is 71.2 Å². The highest BCUT2D eigenvalue weighted by Crippen LogP contribution is 2.30. The second-order valence-corrected chi connectivity index (χ2v) is 8.01. The molecule has 1 aliphatic heterocycles. The largest absolute Gasteiger partial charge is 0.336 e. The second-order valence-electron chi connectivity index (χ2n) is 8.01. The summed E-state index contributed by atoms with van der Waals surface area (Å²) in [4.78, 5) is 20.4. The van der Waals surface area contributed by atoms with Crippen LogP contribution in [0.5, 0.6) is 0 Å². The lowest BCUT2D eigenvalue weighted by Gasteiger charge is -2.23. The molecule has 1 unspecified atom stereocenters. The first kappa shape index (κ1) is 18.7. The fourth-order valence-electron chi connectivity index (χ4n) is 4.31. The van der Waals surface area contributed by atoms with E-state index in [4.69, 9.17) is 4.98 Å². The van der Waals surface area contributed by atoms with E-state index < -0.39 is 0 Å². The van der Waals surface area contributed by atoms with Gasteiger partial charge in [0.25, 0.3) is 5.91 Å². The van der Waals surface area contributed by atoms with Gasteiger partial charge >= 0.3 is 0 Å². The van der Waals surface area contributed by atoms with Crippen molar-refractivity contribution < 1.29 is 4.79 Å². The average molecular weight is 377 g/mol. The molecule has 3 aromatic rings. The van der Waals surface area contributed by atoms with Gasteiger partial charge in [-0.1, -0.05) is 13.0 Å². The van der Waals surface area contributed by atoms with Crippen molar-refractivity contribution in [1.82, 2.24) is 19.7 Å². The van der Waals surface area contributed by atoms with Gasteiger partial charge in [-0.25, -0.2) is 4.98 Å². The highest BCUT2D eigenvalue weighted by molar-refractivity contribution is 6.08. The first-order valence-electron chi connectivity index (χ1n) is 10.2. The predicted octanol–water partition coefficient (Wildman–Crippen LogP) is 4.75. The zero-order valence-electron chi connectivity index (χ0n) is 17.2. The number of pyridine rings is 1. The number of carbonyl (C=O) groups excluding carboxylic acids is 1. The number of hydrogen-bond donors (Lipinski definition) is 0.